The summed E-state index contributed by atoms with van der Waals surface area (Å²) in [5.74, 6) is 0.962. The van der Waals surface area contributed by atoms with Gasteiger partial charge in [0, 0.05) is 12.1 Å². The van der Waals surface area contributed by atoms with Crippen molar-refractivity contribution < 1.29 is 4.74 Å². The molecule has 1 spiro atoms. The molecule has 3 rings (SSSR count). The standard InChI is InChI=1S/C14H25NO/c1-2-6-12(5-1)9-13-10-15-14(11-16-13)7-3-4-8-14/h12-13,15H,1-11H2. The van der Waals surface area contributed by atoms with Crippen molar-refractivity contribution in [2.75, 3.05) is 13.2 Å². The molecule has 2 saturated carbocycles. The maximum Gasteiger partial charge on any atom is 0.0703 e. The lowest BCUT2D eigenvalue weighted by molar-refractivity contribution is -0.0408. The fourth-order valence-electron chi connectivity index (χ4n) is 3.86. The van der Waals surface area contributed by atoms with Crippen LogP contribution in [0.25, 0.3) is 0 Å². The quantitative estimate of drug-likeness (QED) is 0.777. The van der Waals surface area contributed by atoms with Crippen LogP contribution >= 0.6 is 0 Å². The SMILES string of the molecule is C1CCC(CC2CNC3(CCCC3)CO2)C1. The molecule has 1 aliphatic heterocycles. The molecular weight excluding hydrogens is 198 g/mol. The lowest BCUT2D eigenvalue weighted by atomic mass is 9.93. The van der Waals surface area contributed by atoms with E-state index in [-0.39, 0.29) is 0 Å². The highest BCUT2D eigenvalue weighted by atomic mass is 16.5. The molecule has 1 N–H and O–H groups in total. The fourth-order valence-corrected chi connectivity index (χ4v) is 3.86. The number of hydrogen-bond acceptors (Lipinski definition) is 2. The van der Waals surface area contributed by atoms with Gasteiger partial charge in [-0.25, -0.2) is 0 Å². The van der Waals surface area contributed by atoms with Gasteiger partial charge in [-0.1, -0.05) is 38.5 Å². The Labute approximate surface area is 99.1 Å². The number of morpholine rings is 1. The highest BCUT2D eigenvalue weighted by Gasteiger charge is 2.38. The van der Waals surface area contributed by atoms with E-state index in [1.54, 1.807) is 0 Å². The molecule has 0 amide bonds. The number of hydrogen-bond donors (Lipinski definition) is 1. The Morgan fingerprint density at radius 2 is 1.81 bits per heavy atom. The first-order valence-corrected chi connectivity index (χ1v) is 7.23. The van der Waals surface area contributed by atoms with Crippen molar-refractivity contribution in [1.82, 2.24) is 5.32 Å². The van der Waals surface area contributed by atoms with Crippen molar-refractivity contribution in [2.45, 2.75) is 69.4 Å². The minimum atomic E-state index is 0.381. The van der Waals surface area contributed by atoms with Crippen molar-refractivity contribution >= 4 is 0 Å². The molecule has 3 aliphatic rings. The van der Waals surface area contributed by atoms with Crippen LogP contribution in [0, 0.1) is 5.92 Å². The zero-order valence-electron chi connectivity index (χ0n) is 10.3. The zero-order chi connectivity index (χ0) is 10.8. The second-order valence-electron chi connectivity index (χ2n) is 6.19. The van der Waals surface area contributed by atoms with Gasteiger partial charge in [0.2, 0.25) is 0 Å². The van der Waals surface area contributed by atoms with E-state index >= 15 is 0 Å². The fraction of sp³-hybridized carbons (Fsp3) is 1.00. The predicted octanol–water partition coefficient (Wildman–Crippen LogP) is 2.87. The molecule has 2 aliphatic carbocycles. The Kier molecular flexibility index (Phi) is 3.21. The smallest absolute Gasteiger partial charge is 0.0703 e. The highest BCUT2D eigenvalue weighted by molar-refractivity contribution is 4.96. The lowest BCUT2D eigenvalue weighted by Gasteiger charge is -2.39. The highest BCUT2D eigenvalue weighted by Crippen LogP contribution is 2.34. The van der Waals surface area contributed by atoms with Gasteiger partial charge in [0.05, 0.1) is 12.7 Å². The third-order valence-electron chi connectivity index (χ3n) is 4.93. The van der Waals surface area contributed by atoms with Crippen molar-refractivity contribution in [3.05, 3.63) is 0 Å². The predicted molar refractivity (Wildman–Crippen MR) is 65.5 cm³/mol. The maximum atomic E-state index is 6.12. The van der Waals surface area contributed by atoms with E-state index in [1.165, 1.54) is 57.8 Å². The van der Waals surface area contributed by atoms with Gasteiger partial charge in [0.1, 0.15) is 0 Å². The average molecular weight is 223 g/mol. The molecule has 3 fully saturated rings. The molecule has 1 saturated heterocycles. The summed E-state index contributed by atoms with van der Waals surface area (Å²) < 4.78 is 6.12. The van der Waals surface area contributed by atoms with E-state index in [9.17, 15) is 0 Å². The largest absolute Gasteiger partial charge is 0.375 e. The molecule has 0 bridgehead atoms. The van der Waals surface area contributed by atoms with E-state index in [2.05, 4.69) is 5.32 Å². The molecule has 1 atom stereocenters. The van der Waals surface area contributed by atoms with E-state index in [0.29, 0.717) is 11.6 Å². The van der Waals surface area contributed by atoms with Crippen molar-refractivity contribution in [3.63, 3.8) is 0 Å². The summed E-state index contributed by atoms with van der Waals surface area (Å²) in [5.41, 5.74) is 0.381. The monoisotopic (exact) mass is 223 g/mol. The molecule has 1 heterocycles. The van der Waals surface area contributed by atoms with Crippen LogP contribution in [0.3, 0.4) is 0 Å². The number of nitrogens with one attached hydrogen (secondary N) is 1. The second-order valence-corrected chi connectivity index (χ2v) is 6.19. The molecule has 0 radical (unpaired) electrons. The summed E-state index contributed by atoms with van der Waals surface area (Å²) in [6, 6.07) is 0. The Balaban J connectivity index is 1.46. The van der Waals surface area contributed by atoms with Crippen molar-refractivity contribution in [3.8, 4) is 0 Å². The van der Waals surface area contributed by atoms with Gasteiger partial charge in [-0.2, -0.15) is 0 Å². The topological polar surface area (TPSA) is 21.3 Å². The van der Waals surface area contributed by atoms with E-state index in [0.717, 1.165) is 19.1 Å². The Morgan fingerprint density at radius 3 is 2.44 bits per heavy atom. The molecule has 0 aromatic heterocycles. The first kappa shape index (κ1) is 11.0. The lowest BCUT2D eigenvalue weighted by Crippen LogP contribution is -2.55. The summed E-state index contributed by atoms with van der Waals surface area (Å²) in [6.45, 7) is 2.08. The van der Waals surface area contributed by atoms with E-state index in [1.807, 2.05) is 0 Å². The molecule has 2 nitrogen and oxygen atoms in total. The van der Waals surface area contributed by atoms with Crippen LogP contribution in [0.15, 0.2) is 0 Å². The van der Waals surface area contributed by atoms with E-state index in [4.69, 9.17) is 4.74 Å². The van der Waals surface area contributed by atoms with Crippen LogP contribution in [0.4, 0.5) is 0 Å². The van der Waals surface area contributed by atoms with Crippen LogP contribution in [0.5, 0.6) is 0 Å². The Hall–Kier alpha value is -0.0800. The number of rotatable bonds is 2. The molecule has 16 heavy (non-hydrogen) atoms. The van der Waals surface area contributed by atoms with E-state index < -0.39 is 0 Å². The first-order chi connectivity index (χ1) is 7.86. The minimum Gasteiger partial charge on any atom is -0.375 e. The third-order valence-corrected chi connectivity index (χ3v) is 4.93. The molecule has 2 heteroatoms. The number of ether oxygens (including phenoxy) is 1. The molecule has 0 aromatic carbocycles. The van der Waals surface area contributed by atoms with Gasteiger partial charge < -0.3 is 10.1 Å². The minimum absolute atomic E-state index is 0.381. The van der Waals surface area contributed by atoms with Crippen LogP contribution in [-0.4, -0.2) is 24.8 Å². The summed E-state index contributed by atoms with van der Waals surface area (Å²) >= 11 is 0. The van der Waals surface area contributed by atoms with Crippen LogP contribution < -0.4 is 5.32 Å². The van der Waals surface area contributed by atoms with Crippen molar-refractivity contribution in [1.29, 1.82) is 0 Å². The van der Waals surface area contributed by atoms with Crippen LogP contribution in [0.1, 0.15) is 57.8 Å². The zero-order valence-corrected chi connectivity index (χ0v) is 10.3. The van der Waals surface area contributed by atoms with Crippen LogP contribution in [-0.2, 0) is 4.74 Å². The summed E-state index contributed by atoms with van der Waals surface area (Å²) in [7, 11) is 0. The summed E-state index contributed by atoms with van der Waals surface area (Å²) in [4.78, 5) is 0. The molecule has 92 valence electrons. The van der Waals surface area contributed by atoms with Gasteiger partial charge in [-0.3, -0.25) is 0 Å². The van der Waals surface area contributed by atoms with Crippen molar-refractivity contribution in [2.24, 2.45) is 5.92 Å². The van der Waals surface area contributed by atoms with Gasteiger partial charge in [-0.05, 0) is 25.2 Å². The Morgan fingerprint density at radius 1 is 1.06 bits per heavy atom. The molecule has 1 unspecified atom stereocenters. The summed E-state index contributed by atoms with van der Waals surface area (Å²) in [6.07, 6.45) is 13.1. The van der Waals surface area contributed by atoms with Gasteiger partial charge in [-0.15, -0.1) is 0 Å². The van der Waals surface area contributed by atoms with Crippen LogP contribution in [0.2, 0.25) is 0 Å². The Bertz CT molecular complexity index is 219. The molecule has 0 aromatic rings. The van der Waals surface area contributed by atoms with Gasteiger partial charge in [0.15, 0.2) is 0 Å². The van der Waals surface area contributed by atoms with Gasteiger partial charge >= 0.3 is 0 Å². The molecular formula is C14H25NO. The average Bonchev–Trinajstić information content (AvgIpc) is 2.94. The normalized spacial score (nSPS) is 34.9. The summed E-state index contributed by atoms with van der Waals surface area (Å²) in [5, 5.41) is 3.79. The maximum absolute atomic E-state index is 6.12. The third kappa shape index (κ3) is 2.28. The van der Waals surface area contributed by atoms with Gasteiger partial charge in [0.25, 0.3) is 0 Å². The second kappa shape index (κ2) is 4.66. The first-order valence-electron chi connectivity index (χ1n) is 7.23.